The summed E-state index contributed by atoms with van der Waals surface area (Å²) in [7, 11) is -4.00. The molecule has 0 aliphatic carbocycles. The fraction of sp³-hybridized carbons (Fsp3) is 0.200. The van der Waals surface area contributed by atoms with E-state index in [4.69, 9.17) is 11.6 Å². The third kappa shape index (κ3) is 4.17. The topological polar surface area (TPSA) is 46.2 Å². The van der Waals surface area contributed by atoms with Gasteiger partial charge in [0.05, 0.1) is 16.1 Å². The first-order chi connectivity index (χ1) is 10.6. The van der Waals surface area contributed by atoms with Gasteiger partial charge in [-0.25, -0.2) is 8.42 Å². The maximum Gasteiger partial charge on any atom is 0.416 e. The van der Waals surface area contributed by atoms with E-state index in [-0.39, 0.29) is 22.0 Å². The molecule has 0 saturated heterocycles. The van der Waals surface area contributed by atoms with E-state index in [1.165, 1.54) is 12.1 Å². The van der Waals surface area contributed by atoms with Crippen LogP contribution >= 0.6 is 11.6 Å². The molecule has 0 heterocycles. The summed E-state index contributed by atoms with van der Waals surface area (Å²) >= 11 is 5.68. The maximum absolute atomic E-state index is 12.8. The summed E-state index contributed by atoms with van der Waals surface area (Å²) in [5, 5.41) is 0. The predicted octanol–water partition coefficient (Wildman–Crippen LogP) is 4.55. The molecule has 2 aromatic carbocycles. The van der Waals surface area contributed by atoms with Gasteiger partial charge in [-0.3, -0.25) is 4.72 Å². The summed E-state index contributed by atoms with van der Waals surface area (Å²) in [5.74, 6) is -0.121. The number of aryl methyl sites for hydroxylation is 1. The van der Waals surface area contributed by atoms with Gasteiger partial charge in [0.25, 0.3) is 10.0 Å². The molecular weight excluding hydrogens is 351 g/mol. The van der Waals surface area contributed by atoms with Crippen molar-refractivity contribution in [2.45, 2.75) is 23.9 Å². The van der Waals surface area contributed by atoms with E-state index in [0.717, 1.165) is 23.8 Å². The number of nitrogens with one attached hydrogen (secondary N) is 1. The second-order valence-corrected chi connectivity index (χ2v) is 6.87. The average molecular weight is 364 g/mol. The number of anilines is 1. The molecule has 0 atom stereocenters. The Kier molecular flexibility index (Phi) is 4.91. The van der Waals surface area contributed by atoms with Gasteiger partial charge in [0.1, 0.15) is 0 Å². The quantitative estimate of drug-likeness (QED) is 0.810. The fourth-order valence-corrected chi connectivity index (χ4v) is 3.21. The van der Waals surface area contributed by atoms with Crippen molar-refractivity contribution in [1.82, 2.24) is 0 Å². The molecule has 0 bridgehead atoms. The van der Waals surface area contributed by atoms with Gasteiger partial charge in [0.2, 0.25) is 0 Å². The molecule has 23 heavy (non-hydrogen) atoms. The summed E-state index contributed by atoms with van der Waals surface area (Å²) in [5.41, 5.74) is -0.0109. The summed E-state index contributed by atoms with van der Waals surface area (Å²) in [6, 6.07) is 8.72. The molecule has 2 aromatic rings. The maximum atomic E-state index is 12.8. The SMILES string of the molecule is Cc1ccc(S(=O)(=O)Nc2cc(C(F)(F)F)ccc2CCl)cc1. The first-order valence-corrected chi connectivity index (χ1v) is 8.51. The Morgan fingerprint density at radius 3 is 2.22 bits per heavy atom. The minimum Gasteiger partial charge on any atom is -0.279 e. The van der Waals surface area contributed by atoms with E-state index in [0.29, 0.717) is 0 Å². The van der Waals surface area contributed by atoms with Crippen molar-refractivity contribution >= 4 is 27.3 Å². The lowest BCUT2D eigenvalue weighted by Gasteiger charge is -2.14. The van der Waals surface area contributed by atoms with E-state index in [1.807, 2.05) is 0 Å². The molecule has 0 aliphatic heterocycles. The van der Waals surface area contributed by atoms with E-state index in [9.17, 15) is 21.6 Å². The molecule has 0 aromatic heterocycles. The number of sulfonamides is 1. The summed E-state index contributed by atoms with van der Waals surface area (Å²) in [6.07, 6.45) is -4.57. The van der Waals surface area contributed by atoms with Crippen LogP contribution in [0.25, 0.3) is 0 Å². The van der Waals surface area contributed by atoms with Crippen molar-refractivity contribution in [2.75, 3.05) is 4.72 Å². The number of hydrogen-bond donors (Lipinski definition) is 1. The van der Waals surface area contributed by atoms with Crippen LogP contribution in [0.2, 0.25) is 0 Å². The lowest BCUT2D eigenvalue weighted by Crippen LogP contribution is -2.15. The normalized spacial score (nSPS) is 12.2. The van der Waals surface area contributed by atoms with Gasteiger partial charge in [0, 0.05) is 5.88 Å². The van der Waals surface area contributed by atoms with Crippen LogP contribution in [0.5, 0.6) is 0 Å². The van der Waals surface area contributed by atoms with Crippen molar-refractivity contribution in [1.29, 1.82) is 0 Å². The van der Waals surface area contributed by atoms with Gasteiger partial charge in [0.15, 0.2) is 0 Å². The largest absolute Gasteiger partial charge is 0.416 e. The van der Waals surface area contributed by atoms with Crippen LogP contribution in [0.15, 0.2) is 47.4 Å². The molecule has 0 fully saturated rings. The van der Waals surface area contributed by atoms with Crippen LogP contribution in [0, 0.1) is 6.92 Å². The highest BCUT2D eigenvalue weighted by Gasteiger charge is 2.31. The van der Waals surface area contributed by atoms with Crippen LogP contribution < -0.4 is 4.72 Å². The Hall–Kier alpha value is -1.73. The molecule has 0 unspecified atom stereocenters. The summed E-state index contributed by atoms with van der Waals surface area (Å²) in [6.45, 7) is 1.79. The number of hydrogen-bond acceptors (Lipinski definition) is 2. The van der Waals surface area contributed by atoms with Crippen molar-refractivity contribution in [3.8, 4) is 0 Å². The molecule has 124 valence electrons. The van der Waals surface area contributed by atoms with E-state index >= 15 is 0 Å². The molecule has 1 N–H and O–H groups in total. The number of rotatable bonds is 4. The second-order valence-electron chi connectivity index (χ2n) is 4.92. The summed E-state index contributed by atoms with van der Waals surface area (Å²) in [4.78, 5) is -0.0407. The van der Waals surface area contributed by atoms with Crippen LogP contribution in [0.3, 0.4) is 0 Å². The first-order valence-electron chi connectivity index (χ1n) is 6.49. The number of benzene rings is 2. The van der Waals surface area contributed by atoms with Gasteiger partial charge < -0.3 is 0 Å². The molecule has 0 aliphatic rings. The third-order valence-corrected chi connectivity index (χ3v) is 4.83. The smallest absolute Gasteiger partial charge is 0.279 e. The summed E-state index contributed by atoms with van der Waals surface area (Å²) < 4.78 is 65.2. The molecular formula is C15H13ClF3NO2S. The lowest BCUT2D eigenvalue weighted by atomic mass is 10.1. The molecule has 0 saturated carbocycles. The Morgan fingerprint density at radius 1 is 1.09 bits per heavy atom. The molecule has 8 heteroatoms. The van der Waals surface area contributed by atoms with Crippen LogP contribution in [-0.2, 0) is 22.1 Å². The number of alkyl halides is 4. The van der Waals surface area contributed by atoms with Crippen molar-refractivity contribution in [2.24, 2.45) is 0 Å². The van der Waals surface area contributed by atoms with Gasteiger partial charge in [-0.15, -0.1) is 11.6 Å². The second kappa shape index (κ2) is 6.41. The van der Waals surface area contributed by atoms with Crippen LogP contribution in [0.4, 0.5) is 18.9 Å². The van der Waals surface area contributed by atoms with Crippen molar-refractivity contribution in [3.05, 3.63) is 59.2 Å². The van der Waals surface area contributed by atoms with Crippen molar-refractivity contribution < 1.29 is 21.6 Å². The van der Waals surface area contributed by atoms with Gasteiger partial charge >= 0.3 is 6.18 Å². The molecule has 2 rings (SSSR count). The first kappa shape index (κ1) is 17.6. The standard InChI is InChI=1S/C15H13ClF3NO2S/c1-10-2-6-13(7-3-10)23(21,22)20-14-8-12(15(17,18)19)5-4-11(14)9-16/h2-8,20H,9H2,1H3. The van der Waals surface area contributed by atoms with Crippen LogP contribution in [0.1, 0.15) is 16.7 Å². The third-order valence-electron chi connectivity index (χ3n) is 3.16. The monoisotopic (exact) mass is 363 g/mol. The highest BCUT2D eigenvalue weighted by atomic mass is 35.5. The molecule has 3 nitrogen and oxygen atoms in total. The van der Waals surface area contributed by atoms with Gasteiger partial charge in [-0.05, 0) is 36.8 Å². The molecule has 0 spiro atoms. The highest BCUT2D eigenvalue weighted by Crippen LogP contribution is 2.33. The Balaban J connectivity index is 2.43. The highest BCUT2D eigenvalue weighted by molar-refractivity contribution is 7.92. The number of halogens is 4. The fourth-order valence-electron chi connectivity index (χ4n) is 1.89. The minimum atomic E-state index is -4.57. The zero-order valence-electron chi connectivity index (χ0n) is 12.0. The Morgan fingerprint density at radius 2 is 1.70 bits per heavy atom. The zero-order chi connectivity index (χ0) is 17.3. The zero-order valence-corrected chi connectivity index (χ0v) is 13.6. The minimum absolute atomic E-state index is 0.0407. The van der Waals surface area contributed by atoms with Crippen LogP contribution in [-0.4, -0.2) is 8.42 Å². The predicted molar refractivity (Wildman–Crippen MR) is 83.0 cm³/mol. The van der Waals surface area contributed by atoms with Gasteiger partial charge in [-0.1, -0.05) is 23.8 Å². The average Bonchev–Trinajstić information content (AvgIpc) is 2.46. The van der Waals surface area contributed by atoms with E-state index in [1.54, 1.807) is 19.1 Å². The Bertz CT molecular complexity index is 802. The Labute approximate surface area is 137 Å². The molecule has 0 radical (unpaired) electrons. The van der Waals surface area contributed by atoms with E-state index in [2.05, 4.69) is 4.72 Å². The molecule has 0 amide bonds. The van der Waals surface area contributed by atoms with E-state index < -0.39 is 21.8 Å². The lowest BCUT2D eigenvalue weighted by molar-refractivity contribution is -0.137. The van der Waals surface area contributed by atoms with Gasteiger partial charge in [-0.2, -0.15) is 13.2 Å². The van der Waals surface area contributed by atoms with Crippen molar-refractivity contribution in [3.63, 3.8) is 0 Å².